The van der Waals surface area contributed by atoms with Crippen LogP contribution in [-0.2, 0) is 14.4 Å². The second kappa shape index (κ2) is 10.9. The van der Waals surface area contributed by atoms with Crippen molar-refractivity contribution >= 4 is 23.7 Å². The highest BCUT2D eigenvalue weighted by molar-refractivity contribution is 5.99. The molecule has 1 aromatic carbocycles. The zero-order chi connectivity index (χ0) is 31.1. The monoisotopic (exact) mass is 596 g/mol. The molecule has 3 aliphatic rings. The smallest absolute Gasteiger partial charge is 0.487 e. The Balaban J connectivity index is 0.000000587. The summed E-state index contributed by atoms with van der Waals surface area (Å²) in [4.78, 5) is 40.2. The van der Waals surface area contributed by atoms with Gasteiger partial charge in [-0.25, -0.2) is 9.79 Å². The van der Waals surface area contributed by atoms with E-state index in [0.29, 0.717) is 6.42 Å². The number of nitrogens with zero attached hydrogens (tertiary/aromatic N) is 2. The average molecular weight is 597 g/mol. The molecule has 1 fully saturated rings. The molecule has 228 valence electrons. The van der Waals surface area contributed by atoms with E-state index in [1.807, 2.05) is 13.8 Å². The molecule has 1 aromatic rings. The summed E-state index contributed by atoms with van der Waals surface area (Å²) >= 11 is 0. The summed E-state index contributed by atoms with van der Waals surface area (Å²) in [7, 11) is 0. The maximum atomic E-state index is 13.0. The maximum absolute atomic E-state index is 13.0. The van der Waals surface area contributed by atoms with Gasteiger partial charge in [0.1, 0.15) is 17.1 Å². The number of benzene rings is 1. The third kappa shape index (κ3) is 8.39. The molecule has 1 saturated carbocycles. The van der Waals surface area contributed by atoms with Crippen LogP contribution in [0.4, 0.5) is 26.3 Å². The zero-order valence-corrected chi connectivity index (χ0v) is 22.5. The number of hydrogen-bond donors (Lipinski definition) is 3. The number of carbonyl (C=O) groups excluding carboxylic acids is 2. The Morgan fingerprint density at radius 2 is 1.80 bits per heavy atom. The molecule has 0 saturated heterocycles. The van der Waals surface area contributed by atoms with Crippen LogP contribution in [0.15, 0.2) is 23.2 Å². The fourth-order valence-corrected chi connectivity index (χ4v) is 4.71. The molecule has 2 heterocycles. The quantitative estimate of drug-likeness (QED) is 0.438. The van der Waals surface area contributed by atoms with Gasteiger partial charge in [0.25, 0.3) is 0 Å². The van der Waals surface area contributed by atoms with E-state index in [1.54, 1.807) is 19.9 Å². The molecule has 0 radical (unpaired) electrons. The number of alkyl halides is 6. The van der Waals surface area contributed by atoms with Crippen molar-refractivity contribution in [3.05, 3.63) is 23.8 Å². The first-order valence-electron chi connectivity index (χ1n) is 12.4. The Labute approximate surface area is 230 Å². The van der Waals surface area contributed by atoms with Crippen molar-refractivity contribution in [2.45, 2.75) is 76.7 Å². The SMILES string of the molecule is CC1(C)CC(=O)N(C[C@@H]2C[C@H]2C(=O)NC2CC(C)(C)Oc3cccc(OC(F)(F)F)c32)C(N)=N1.O=C(O)C(F)(F)F. The summed E-state index contributed by atoms with van der Waals surface area (Å²) in [5.41, 5.74) is 4.87. The number of carboxylic acid groups (broad SMARTS) is 1. The summed E-state index contributed by atoms with van der Waals surface area (Å²) in [6, 6.07) is 3.46. The number of amides is 2. The second-order valence-electron chi connectivity index (χ2n) is 11.2. The van der Waals surface area contributed by atoms with Crippen molar-refractivity contribution in [1.29, 1.82) is 0 Å². The molecule has 1 aliphatic carbocycles. The van der Waals surface area contributed by atoms with Crippen molar-refractivity contribution in [2.75, 3.05) is 6.54 Å². The van der Waals surface area contributed by atoms with Gasteiger partial charge < -0.3 is 25.6 Å². The highest BCUT2D eigenvalue weighted by atomic mass is 19.4. The summed E-state index contributed by atoms with van der Waals surface area (Å²) in [6.07, 6.45) is -8.92. The van der Waals surface area contributed by atoms with Crippen molar-refractivity contribution < 1.29 is 55.3 Å². The van der Waals surface area contributed by atoms with E-state index in [2.05, 4.69) is 15.0 Å². The van der Waals surface area contributed by atoms with E-state index in [-0.39, 0.29) is 60.3 Å². The fourth-order valence-electron chi connectivity index (χ4n) is 4.71. The van der Waals surface area contributed by atoms with Crippen LogP contribution in [0.3, 0.4) is 0 Å². The van der Waals surface area contributed by atoms with Gasteiger partial charge >= 0.3 is 18.5 Å². The molecule has 41 heavy (non-hydrogen) atoms. The number of carbonyl (C=O) groups is 3. The Bertz CT molecular complexity index is 1230. The summed E-state index contributed by atoms with van der Waals surface area (Å²) in [6.45, 7) is 7.54. The molecular weight excluding hydrogens is 566 g/mol. The Kier molecular flexibility index (Phi) is 8.48. The Hall–Kier alpha value is -3.72. The molecule has 0 aromatic heterocycles. The molecule has 3 atom stereocenters. The van der Waals surface area contributed by atoms with E-state index in [9.17, 15) is 35.9 Å². The number of nitrogens with one attached hydrogen (secondary N) is 1. The predicted octanol–water partition coefficient (Wildman–Crippen LogP) is 3.90. The largest absolute Gasteiger partial charge is 0.573 e. The van der Waals surface area contributed by atoms with Crippen LogP contribution in [0.2, 0.25) is 0 Å². The standard InChI is InChI=1S/C23H29F3N4O4.C2HF3O2/c1-21(2)10-17(31)30(20(27)29-21)11-12-8-13(12)19(32)28-14-9-22(3,4)33-15-6-5-7-16(18(14)15)34-23(24,25)26;3-2(4,5)1(6)7/h5-7,12-14H,8-11H2,1-4H3,(H2,27,29)(H,28,32);(H,6,7)/t12-,13+,14?;/m0./s1. The predicted molar refractivity (Wildman–Crippen MR) is 131 cm³/mol. The van der Waals surface area contributed by atoms with Crippen LogP contribution >= 0.6 is 0 Å². The number of carboxylic acids is 1. The van der Waals surface area contributed by atoms with Crippen molar-refractivity contribution in [3.8, 4) is 11.5 Å². The van der Waals surface area contributed by atoms with Crippen LogP contribution in [-0.4, -0.2) is 64.0 Å². The molecule has 4 N–H and O–H groups in total. The van der Waals surface area contributed by atoms with Crippen molar-refractivity contribution in [2.24, 2.45) is 22.6 Å². The molecule has 16 heteroatoms. The number of aliphatic carboxylic acids is 1. The lowest BCUT2D eigenvalue weighted by Gasteiger charge is -2.38. The minimum atomic E-state index is -5.08. The van der Waals surface area contributed by atoms with E-state index in [1.165, 1.54) is 17.0 Å². The fraction of sp³-hybridized carbons (Fsp3) is 0.600. The van der Waals surface area contributed by atoms with Gasteiger partial charge in [-0.05, 0) is 52.2 Å². The molecule has 2 amide bonds. The second-order valence-corrected chi connectivity index (χ2v) is 11.2. The number of ether oxygens (including phenoxy) is 2. The number of guanidine groups is 1. The highest BCUT2D eigenvalue weighted by Crippen LogP contribution is 2.47. The van der Waals surface area contributed by atoms with Gasteiger partial charge in [0, 0.05) is 18.9 Å². The Morgan fingerprint density at radius 3 is 2.34 bits per heavy atom. The lowest BCUT2D eigenvalue weighted by molar-refractivity contribution is -0.275. The first-order valence-corrected chi connectivity index (χ1v) is 12.4. The van der Waals surface area contributed by atoms with E-state index < -0.39 is 41.4 Å². The number of nitrogens with two attached hydrogens (primary N) is 1. The van der Waals surface area contributed by atoms with Crippen LogP contribution in [0.25, 0.3) is 0 Å². The molecular formula is C25H30F6N4O6. The first kappa shape index (κ1) is 31.8. The third-order valence-corrected chi connectivity index (χ3v) is 6.50. The average Bonchev–Trinajstić information content (AvgIpc) is 3.53. The van der Waals surface area contributed by atoms with Gasteiger partial charge in [-0.1, -0.05) is 6.07 Å². The Morgan fingerprint density at radius 1 is 1.20 bits per heavy atom. The number of halogens is 6. The van der Waals surface area contributed by atoms with Crippen LogP contribution in [0.5, 0.6) is 11.5 Å². The topological polar surface area (TPSA) is 144 Å². The van der Waals surface area contributed by atoms with E-state index >= 15 is 0 Å². The summed E-state index contributed by atoms with van der Waals surface area (Å²) in [5.74, 6) is -3.69. The molecule has 0 bridgehead atoms. The van der Waals surface area contributed by atoms with E-state index in [4.69, 9.17) is 20.4 Å². The van der Waals surface area contributed by atoms with Crippen molar-refractivity contribution in [1.82, 2.24) is 10.2 Å². The van der Waals surface area contributed by atoms with Crippen LogP contribution in [0, 0.1) is 11.8 Å². The number of rotatable bonds is 5. The molecule has 4 rings (SSSR count). The molecule has 2 aliphatic heterocycles. The van der Waals surface area contributed by atoms with Crippen LogP contribution in [0.1, 0.15) is 58.6 Å². The van der Waals surface area contributed by atoms with Crippen LogP contribution < -0.4 is 20.5 Å². The van der Waals surface area contributed by atoms with E-state index in [0.717, 1.165) is 0 Å². The van der Waals surface area contributed by atoms with Gasteiger partial charge in [0.2, 0.25) is 11.8 Å². The molecule has 10 nitrogen and oxygen atoms in total. The minimum absolute atomic E-state index is 0.104. The lowest BCUT2D eigenvalue weighted by atomic mass is 9.89. The summed E-state index contributed by atoms with van der Waals surface area (Å²) < 4.78 is 80.7. The number of hydrogen-bond acceptors (Lipinski definition) is 7. The summed E-state index contributed by atoms with van der Waals surface area (Å²) in [5, 5.41) is 10.0. The number of fused-ring (bicyclic) bond motifs is 1. The highest BCUT2D eigenvalue weighted by Gasteiger charge is 2.48. The number of aliphatic imine (C=N–C) groups is 1. The van der Waals surface area contributed by atoms with Gasteiger partial charge in [-0.15, -0.1) is 13.2 Å². The van der Waals surface area contributed by atoms with Gasteiger partial charge in [-0.2, -0.15) is 13.2 Å². The first-order chi connectivity index (χ1) is 18.6. The van der Waals surface area contributed by atoms with Gasteiger partial charge in [0.15, 0.2) is 5.96 Å². The lowest BCUT2D eigenvalue weighted by Crippen LogP contribution is -2.50. The maximum Gasteiger partial charge on any atom is 0.573 e. The van der Waals surface area contributed by atoms with Gasteiger partial charge in [-0.3, -0.25) is 14.5 Å². The molecule has 0 spiro atoms. The zero-order valence-electron chi connectivity index (χ0n) is 22.5. The molecule has 1 unspecified atom stereocenters. The third-order valence-electron chi connectivity index (χ3n) is 6.50. The van der Waals surface area contributed by atoms with Gasteiger partial charge in [0.05, 0.1) is 23.6 Å². The minimum Gasteiger partial charge on any atom is -0.487 e. The van der Waals surface area contributed by atoms with Crippen molar-refractivity contribution in [3.63, 3.8) is 0 Å². The normalized spacial score (nSPS) is 24.5.